The van der Waals surface area contributed by atoms with E-state index < -0.39 is 5.72 Å². The summed E-state index contributed by atoms with van der Waals surface area (Å²) in [6.07, 6.45) is 30.8. The van der Waals surface area contributed by atoms with Gasteiger partial charge in [0.1, 0.15) is 5.72 Å². The fourth-order valence-corrected chi connectivity index (χ4v) is 4.81. The zero-order chi connectivity index (χ0) is 23.3. The molecule has 0 fully saturated rings. The summed E-state index contributed by atoms with van der Waals surface area (Å²) >= 11 is 0. The fraction of sp³-hybridized carbons (Fsp3) is 1.00. The maximum Gasteiger partial charge on any atom is 0.116 e. The molecule has 0 aliphatic heterocycles. The second-order valence-corrected chi connectivity index (χ2v) is 10.9. The first-order valence-electron chi connectivity index (χ1n) is 14.4. The van der Waals surface area contributed by atoms with Crippen molar-refractivity contribution in [2.75, 3.05) is 0 Å². The molecule has 31 heavy (non-hydrogen) atoms. The van der Waals surface area contributed by atoms with Crippen molar-refractivity contribution in [3.63, 3.8) is 0 Å². The average molecular weight is 440 g/mol. The van der Waals surface area contributed by atoms with Gasteiger partial charge < -0.3 is 10.8 Å². The summed E-state index contributed by atoms with van der Waals surface area (Å²) < 4.78 is 0. The van der Waals surface area contributed by atoms with E-state index in [1.165, 1.54) is 135 Å². The Balaban J connectivity index is 3.79. The number of unbranched alkanes of at least 4 members (excludes halogenated alkanes) is 19. The maximum absolute atomic E-state index is 10.6. The molecule has 2 heteroatoms. The number of hydrogen-bond acceptors (Lipinski definition) is 2. The lowest BCUT2D eigenvalue weighted by atomic mass is 9.72. The van der Waals surface area contributed by atoms with E-state index in [9.17, 15) is 5.11 Å². The van der Waals surface area contributed by atoms with Gasteiger partial charge in [0, 0.05) is 5.41 Å². The molecular formula is C29H61NO. The lowest BCUT2D eigenvalue weighted by Gasteiger charge is -2.40. The summed E-state index contributed by atoms with van der Waals surface area (Å²) in [6, 6.07) is 0. The van der Waals surface area contributed by atoms with Gasteiger partial charge in [-0.2, -0.15) is 0 Å². The number of hydrogen-bond donors (Lipinski definition) is 2. The van der Waals surface area contributed by atoms with Gasteiger partial charge in [-0.3, -0.25) is 0 Å². The number of rotatable bonds is 24. The van der Waals surface area contributed by atoms with Crippen molar-refractivity contribution in [3.8, 4) is 0 Å². The highest BCUT2D eigenvalue weighted by Crippen LogP contribution is 2.38. The van der Waals surface area contributed by atoms with Gasteiger partial charge in [0.05, 0.1) is 0 Å². The van der Waals surface area contributed by atoms with Crippen LogP contribution in [0.15, 0.2) is 0 Å². The Morgan fingerprint density at radius 3 is 0.903 bits per heavy atom. The van der Waals surface area contributed by atoms with Gasteiger partial charge >= 0.3 is 0 Å². The van der Waals surface area contributed by atoms with Crippen molar-refractivity contribution in [1.82, 2.24) is 0 Å². The first-order valence-corrected chi connectivity index (χ1v) is 14.4. The normalized spacial score (nSPS) is 15.7. The van der Waals surface area contributed by atoms with Crippen LogP contribution in [0.1, 0.15) is 175 Å². The molecule has 0 spiro atoms. The minimum absolute atomic E-state index is 0.146. The van der Waals surface area contributed by atoms with E-state index in [0.29, 0.717) is 0 Å². The Morgan fingerprint density at radius 1 is 0.452 bits per heavy atom. The zero-order valence-electron chi connectivity index (χ0n) is 22.3. The van der Waals surface area contributed by atoms with E-state index in [-0.39, 0.29) is 5.41 Å². The third kappa shape index (κ3) is 18.1. The lowest BCUT2D eigenvalue weighted by Crippen LogP contribution is -2.51. The Labute approximate surface area is 197 Å². The van der Waals surface area contributed by atoms with Crippen LogP contribution < -0.4 is 5.73 Å². The topological polar surface area (TPSA) is 46.2 Å². The zero-order valence-corrected chi connectivity index (χ0v) is 22.3. The molecule has 0 saturated carbocycles. The van der Waals surface area contributed by atoms with Crippen LogP contribution in [0.3, 0.4) is 0 Å². The summed E-state index contributed by atoms with van der Waals surface area (Å²) in [7, 11) is 0. The minimum Gasteiger partial charge on any atom is -0.376 e. The highest BCUT2D eigenvalue weighted by Gasteiger charge is 2.38. The first-order chi connectivity index (χ1) is 14.9. The molecule has 0 aromatic heterocycles. The summed E-state index contributed by atoms with van der Waals surface area (Å²) in [5.41, 5.74) is 5.01. The highest BCUT2D eigenvalue weighted by molar-refractivity contribution is 4.88. The summed E-state index contributed by atoms with van der Waals surface area (Å²) in [5, 5.41) is 10.6. The SMILES string of the molecule is CCCCCCCCCCCCCC(C)(CCCCCCCCCCCC)C(C)(N)O. The van der Waals surface area contributed by atoms with Crippen LogP contribution in [0.5, 0.6) is 0 Å². The molecule has 2 atom stereocenters. The van der Waals surface area contributed by atoms with Gasteiger partial charge in [0.15, 0.2) is 0 Å². The van der Waals surface area contributed by atoms with Crippen molar-refractivity contribution >= 4 is 0 Å². The van der Waals surface area contributed by atoms with Crippen molar-refractivity contribution in [2.24, 2.45) is 11.1 Å². The second kappa shape index (κ2) is 20.5. The molecule has 0 aliphatic rings. The van der Waals surface area contributed by atoms with Gasteiger partial charge in [-0.1, -0.05) is 156 Å². The third-order valence-corrected chi connectivity index (χ3v) is 7.64. The maximum atomic E-state index is 10.6. The van der Waals surface area contributed by atoms with E-state index in [0.717, 1.165) is 12.8 Å². The molecule has 3 N–H and O–H groups in total. The van der Waals surface area contributed by atoms with Crippen LogP contribution in [0, 0.1) is 5.41 Å². The molecule has 0 bridgehead atoms. The smallest absolute Gasteiger partial charge is 0.116 e. The molecule has 0 amide bonds. The van der Waals surface area contributed by atoms with E-state index in [1.54, 1.807) is 0 Å². The second-order valence-electron chi connectivity index (χ2n) is 10.9. The van der Waals surface area contributed by atoms with Crippen molar-refractivity contribution in [1.29, 1.82) is 0 Å². The Morgan fingerprint density at radius 2 is 0.677 bits per heavy atom. The third-order valence-electron chi connectivity index (χ3n) is 7.64. The molecule has 0 rings (SSSR count). The molecule has 0 aromatic carbocycles. The Kier molecular flexibility index (Phi) is 20.5. The van der Waals surface area contributed by atoms with Gasteiger partial charge in [-0.15, -0.1) is 0 Å². The summed E-state index contributed by atoms with van der Waals surface area (Å²) in [6.45, 7) is 8.61. The van der Waals surface area contributed by atoms with Crippen LogP contribution in [0.25, 0.3) is 0 Å². The van der Waals surface area contributed by atoms with E-state index in [2.05, 4.69) is 20.8 Å². The standard InChI is InChI=1S/C29H61NO/c1-5-7-9-11-13-15-17-19-21-23-25-27-28(3,29(4,30)31)26-24-22-20-18-16-14-12-10-8-6-2/h31H,5-27,30H2,1-4H3. The van der Waals surface area contributed by atoms with Gasteiger partial charge in [-0.25, -0.2) is 0 Å². The van der Waals surface area contributed by atoms with Crippen LogP contribution in [0.4, 0.5) is 0 Å². The van der Waals surface area contributed by atoms with Crippen molar-refractivity contribution in [2.45, 2.75) is 181 Å². The first kappa shape index (κ1) is 30.9. The predicted molar refractivity (Wildman–Crippen MR) is 140 cm³/mol. The van der Waals surface area contributed by atoms with E-state index in [1.807, 2.05) is 6.92 Å². The van der Waals surface area contributed by atoms with E-state index in [4.69, 9.17) is 5.73 Å². The number of nitrogens with two attached hydrogens (primary N) is 1. The summed E-state index contributed by atoms with van der Waals surface area (Å²) in [5.74, 6) is 0. The lowest BCUT2D eigenvalue weighted by molar-refractivity contribution is -0.0680. The fourth-order valence-electron chi connectivity index (χ4n) is 4.81. The summed E-state index contributed by atoms with van der Waals surface area (Å²) in [4.78, 5) is 0. The predicted octanol–water partition coefficient (Wildman–Crippen LogP) is 9.67. The van der Waals surface area contributed by atoms with Crippen molar-refractivity contribution < 1.29 is 5.11 Å². The monoisotopic (exact) mass is 439 g/mol. The minimum atomic E-state index is -1.06. The van der Waals surface area contributed by atoms with Crippen LogP contribution in [-0.2, 0) is 0 Å². The molecule has 0 radical (unpaired) electrons. The largest absolute Gasteiger partial charge is 0.376 e. The van der Waals surface area contributed by atoms with Crippen molar-refractivity contribution in [3.05, 3.63) is 0 Å². The molecular weight excluding hydrogens is 378 g/mol. The van der Waals surface area contributed by atoms with Gasteiger partial charge in [-0.05, 0) is 19.8 Å². The molecule has 0 saturated heterocycles. The Hall–Kier alpha value is -0.0800. The van der Waals surface area contributed by atoms with Crippen LogP contribution in [-0.4, -0.2) is 10.8 Å². The molecule has 2 unspecified atom stereocenters. The average Bonchev–Trinajstić information content (AvgIpc) is 2.72. The molecule has 0 aliphatic carbocycles. The number of aliphatic hydroxyl groups is 1. The quantitative estimate of drug-likeness (QED) is 0.116. The molecule has 188 valence electrons. The molecule has 0 heterocycles. The Bertz CT molecular complexity index is 362. The van der Waals surface area contributed by atoms with Crippen LogP contribution >= 0.6 is 0 Å². The highest BCUT2D eigenvalue weighted by atomic mass is 16.3. The molecule has 0 aromatic rings. The van der Waals surface area contributed by atoms with Gasteiger partial charge in [0.25, 0.3) is 0 Å². The molecule has 2 nitrogen and oxygen atoms in total. The van der Waals surface area contributed by atoms with Gasteiger partial charge in [0.2, 0.25) is 0 Å². The van der Waals surface area contributed by atoms with Crippen LogP contribution in [0.2, 0.25) is 0 Å². The van der Waals surface area contributed by atoms with E-state index >= 15 is 0 Å².